The third-order valence-corrected chi connectivity index (χ3v) is 3.77. The number of benzene rings is 1. The second kappa shape index (κ2) is 2.80. The molecule has 0 bridgehead atoms. The van der Waals surface area contributed by atoms with Crippen molar-refractivity contribution in [3.05, 3.63) is 23.8 Å². The monoisotopic (exact) mass is 291 g/mol. The third-order valence-electron chi connectivity index (χ3n) is 1.80. The van der Waals surface area contributed by atoms with E-state index in [1.54, 1.807) is 0 Å². The molecule has 2 rings (SSSR count). The summed E-state index contributed by atoms with van der Waals surface area (Å²) in [5.41, 5.74) is 2.60. The molecule has 0 aliphatic carbocycles. The van der Waals surface area contributed by atoms with Crippen LogP contribution < -0.4 is 5.32 Å². The van der Waals surface area contributed by atoms with Crippen LogP contribution in [0, 0.1) is 6.92 Å². The SMILES string of the molecule is Cc1ccc2c(c1)S[C@@](C)(I)N2. The molecule has 0 fully saturated rings. The molecule has 1 aliphatic rings. The smallest absolute Gasteiger partial charge is 0.137 e. The van der Waals surface area contributed by atoms with Gasteiger partial charge in [-0.15, -0.1) is 0 Å². The van der Waals surface area contributed by atoms with Crippen molar-refractivity contribution < 1.29 is 0 Å². The number of hydrogen-bond donors (Lipinski definition) is 1. The van der Waals surface area contributed by atoms with Crippen molar-refractivity contribution in [2.24, 2.45) is 0 Å². The summed E-state index contributed by atoms with van der Waals surface area (Å²) in [4.78, 5) is 1.37. The van der Waals surface area contributed by atoms with Gasteiger partial charge in [-0.25, -0.2) is 0 Å². The number of hydrogen-bond acceptors (Lipinski definition) is 2. The fourth-order valence-corrected chi connectivity index (χ4v) is 3.34. The van der Waals surface area contributed by atoms with Crippen LogP contribution in [0.2, 0.25) is 0 Å². The molecule has 1 atom stereocenters. The predicted octanol–water partition coefficient (Wildman–Crippen LogP) is 3.62. The van der Waals surface area contributed by atoms with Crippen molar-refractivity contribution in [3.63, 3.8) is 0 Å². The minimum atomic E-state index is 0.133. The van der Waals surface area contributed by atoms with Crippen LogP contribution in [0.25, 0.3) is 0 Å². The molecule has 0 radical (unpaired) electrons. The Bertz CT molecular complexity index is 322. The van der Waals surface area contributed by atoms with E-state index in [0.29, 0.717) is 0 Å². The zero-order valence-electron chi connectivity index (χ0n) is 7.02. The van der Waals surface area contributed by atoms with Gasteiger partial charge in [0.15, 0.2) is 0 Å². The summed E-state index contributed by atoms with van der Waals surface area (Å²) in [5, 5.41) is 3.45. The van der Waals surface area contributed by atoms with Crippen LogP contribution in [0.5, 0.6) is 0 Å². The highest BCUT2D eigenvalue weighted by Crippen LogP contribution is 2.48. The lowest BCUT2D eigenvalue weighted by molar-refractivity contribution is 1.11. The molecule has 0 amide bonds. The van der Waals surface area contributed by atoms with Gasteiger partial charge in [-0.1, -0.05) is 17.8 Å². The highest BCUT2D eigenvalue weighted by atomic mass is 127. The molecule has 1 aromatic rings. The Morgan fingerprint density at radius 3 is 3.00 bits per heavy atom. The Hall–Kier alpha value is 0.1000. The third kappa shape index (κ3) is 1.57. The summed E-state index contributed by atoms with van der Waals surface area (Å²) >= 11 is 4.31. The fourth-order valence-electron chi connectivity index (χ4n) is 1.29. The summed E-state index contributed by atoms with van der Waals surface area (Å²) in [6.45, 7) is 4.32. The zero-order chi connectivity index (χ0) is 8.77. The molecule has 3 heteroatoms. The average Bonchev–Trinajstić information content (AvgIpc) is 2.21. The zero-order valence-corrected chi connectivity index (χ0v) is 9.99. The number of halogens is 1. The van der Waals surface area contributed by atoms with E-state index in [2.05, 4.69) is 60.0 Å². The van der Waals surface area contributed by atoms with Gasteiger partial charge in [0, 0.05) is 10.6 Å². The first-order valence-electron chi connectivity index (χ1n) is 3.84. The molecule has 0 spiro atoms. The molecular weight excluding hydrogens is 281 g/mol. The minimum absolute atomic E-state index is 0.133. The fraction of sp³-hybridized carbons (Fsp3) is 0.333. The maximum absolute atomic E-state index is 3.45. The molecule has 12 heavy (non-hydrogen) atoms. The van der Waals surface area contributed by atoms with Gasteiger partial charge in [0.1, 0.15) is 2.88 Å². The second-order valence-electron chi connectivity index (χ2n) is 3.14. The van der Waals surface area contributed by atoms with Gasteiger partial charge in [0.25, 0.3) is 0 Å². The lowest BCUT2D eigenvalue weighted by Crippen LogP contribution is -2.16. The topological polar surface area (TPSA) is 12.0 Å². The van der Waals surface area contributed by atoms with E-state index in [1.165, 1.54) is 16.1 Å². The maximum atomic E-state index is 3.45. The molecule has 0 unspecified atom stereocenters. The van der Waals surface area contributed by atoms with Crippen molar-refractivity contribution in [1.29, 1.82) is 0 Å². The number of anilines is 1. The van der Waals surface area contributed by atoms with Crippen molar-refractivity contribution in [1.82, 2.24) is 0 Å². The van der Waals surface area contributed by atoms with Gasteiger partial charge in [-0.3, -0.25) is 0 Å². The Balaban J connectivity index is 2.43. The molecule has 1 aromatic carbocycles. The van der Waals surface area contributed by atoms with E-state index < -0.39 is 0 Å². The number of nitrogens with one attached hydrogen (secondary N) is 1. The first-order valence-corrected chi connectivity index (χ1v) is 5.73. The predicted molar refractivity (Wildman–Crippen MR) is 63.1 cm³/mol. The Kier molecular flexibility index (Phi) is 2.03. The first-order chi connectivity index (χ1) is 5.57. The van der Waals surface area contributed by atoms with Gasteiger partial charge < -0.3 is 5.32 Å². The van der Waals surface area contributed by atoms with E-state index in [4.69, 9.17) is 0 Å². The molecule has 0 saturated heterocycles. The van der Waals surface area contributed by atoms with E-state index in [1.807, 2.05) is 11.8 Å². The van der Waals surface area contributed by atoms with Crippen LogP contribution in [-0.2, 0) is 0 Å². The number of thioether (sulfide) groups is 1. The minimum Gasteiger partial charge on any atom is -0.362 e. The molecule has 64 valence electrons. The van der Waals surface area contributed by atoms with Crippen LogP contribution in [0.3, 0.4) is 0 Å². The van der Waals surface area contributed by atoms with Crippen LogP contribution in [-0.4, -0.2) is 2.88 Å². The first kappa shape index (κ1) is 8.69. The van der Waals surface area contributed by atoms with E-state index in [0.717, 1.165) is 0 Å². The van der Waals surface area contributed by atoms with E-state index in [-0.39, 0.29) is 2.88 Å². The van der Waals surface area contributed by atoms with Crippen LogP contribution in [0.15, 0.2) is 23.1 Å². The van der Waals surface area contributed by atoms with Crippen LogP contribution in [0.1, 0.15) is 12.5 Å². The Morgan fingerprint density at radius 2 is 2.25 bits per heavy atom. The Labute approximate surface area is 90.5 Å². The lowest BCUT2D eigenvalue weighted by Gasteiger charge is -2.13. The summed E-state index contributed by atoms with van der Waals surface area (Å²) in [7, 11) is 0. The standard InChI is InChI=1S/C9H10INS/c1-6-3-4-7-8(5-6)12-9(2,10)11-7/h3-5,11H,1-2H3/t9-/m0/s1. The van der Waals surface area contributed by atoms with Crippen molar-refractivity contribution >= 4 is 40.0 Å². The quantitative estimate of drug-likeness (QED) is 0.445. The molecule has 1 nitrogen and oxygen atoms in total. The van der Waals surface area contributed by atoms with Crippen molar-refractivity contribution in [2.45, 2.75) is 21.6 Å². The van der Waals surface area contributed by atoms with E-state index >= 15 is 0 Å². The van der Waals surface area contributed by atoms with E-state index in [9.17, 15) is 0 Å². The summed E-state index contributed by atoms with van der Waals surface area (Å²) in [6.07, 6.45) is 0. The number of alkyl halides is 1. The molecule has 0 aromatic heterocycles. The molecule has 1 aliphatic heterocycles. The average molecular weight is 291 g/mol. The summed E-state index contributed by atoms with van der Waals surface area (Å²) in [6, 6.07) is 6.53. The number of aryl methyl sites for hydroxylation is 1. The normalized spacial score (nSPS) is 26.6. The van der Waals surface area contributed by atoms with Crippen molar-refractivity contribution in [2.75, 3.05) is 5.32 Å². The van der Waals surface area contributed by atoms with Gasteiger partial charge in [-0.05, 0) is 54.1 Å². The number of rotatable bonds is 0. The summed E-state index contributed by atoms with van der Waals surface area (Å²) < 4.78 is 0.133. The van der Waals surface area contributed by atoms with Crippen LogP contribution >= 0.6 is 34.4 Å². The molecule has 0 saturated carbocycles. The molecule has 1 heterocycles. The molecule has 1 N–H and O–H groups in total. The second-order valence-corrected chi connectivity index (χ2v) is 7.49. The van der Waals surface area contributed by atoms with Gasteiger partial charge in [0.2, 0.25) is 0 Å². The number of fused-ring (bicyclic) bond motifs is 1. The summed E-state index contributed by atoms with van der Waals surface area (Å²) in [5.74, 6) is 0. The largest absolute Gasteiger partial charge is 0.362 e. The van der Waals surface area contributed by atoms with Crippen molar-refractivity contribution in [3.8, 4) is 0 Å². The lowest BCUT2D eigenvalue weighted by atomic mass is 10.2. The van der Waals surface area contributed by atoms with Crippen LogP contribution in [0.4, 0.5) is 5.69 Å². The van der Waals surface area contributed by atoms with Gasteiger partial charge >= 0.3 is 0 Å². The highest BCUT2D eigenvalue weighted by Gasteiger charge is 2.29. The van der Waals surface area contributed by atoms with Gasteiger partial charge in [-0.2, -0.15) is 0 Å². The Morgan fingerprint density at radius 1 is 1.50 bits per heavy atom. The highest BCUT2D eigenvalue weighted by molar-refractivity contribution is 14.1. The molecular formula is C9H10INS. The van der Waals surface area contributed by atoms with Gasteiger partial charge in [0.05, 0.1) is 0 Å². The maximum Gasteiger partial charge on any atom is 0.137 e.